The van der Waals surface area contributed by atoms with E-state index in [0.717, 1.165) is 4.90 Å². The number of nitrogens with one attached hydrogen (secondary N) is 1. The van der Waals surface area contributed by atoms with Gasteiger partial charge < -0.3 is 44.6 Å². The molecule has 1 heterocycles. The van der Waals surface area contributed by atoms with Gasteiger partial charge in [0.1, 0.15) is 31.1 Å². The van der Waals surface area contributed by atoms with Crippen LogP contribution in [0.5, 0.6) is 5.75 Å². The zero-order chi connectivity index (χ0) is 28.6. The van der Waals surface area contributed by atoms with Crippen LogP contribution < -0.4 is 10.1 Å². The highest BCUT2D eigenvalue weighted by Gasteiger charge is 2.37. The van der Waals surface area contributed by atoms with Crippen LogP contribution in [0.3, 0.4) is 0 Å². The quantitative estimate of drug-likeness (QED) is 0.305. The van der Waals surface area contributed by atoms with E-state index in [1.807, 2.05) is 0 Å². The number of hydrogen-bond donors (Lipinski definition) is 4. The van der Waals surface area contributed by atoms with Crippen molar-refractivity contribution in [2.75, 3.05) is 32.6 Å². The third-order valence-corrected chi connectivity index (χ3v) is 6.24. The van der Waals surface area contributed by atoms with E-state index in [1.54, 1.807) is 26.0 Å². The Morgan fingerprint density at radius 1 is 1.21 bits per heavy atom. The first-order valence-electron chi connectivity index (χ1n) is 12.2. The molecule has 2 rings (SSSR count). The van der Waals surface area contributed by atoms with E-state index in [9.17, 15) is 34.5 Å². The third-order valence-electron chi connectivity index (χ3n) is 6.24. The Balaban J connectivity index is 2.14. The summed E-state index contributed by atoms with van der Waals surface area (Å²) in [5.74, 6) is -0.661. The Bertz CT molecular complexity index is 1000. The van der Waals surface area contributed by atoms with Crippen LogP contribution in [-0.4, -0.2) is 107 Å². The van der Waals surface area contributed by atoms with Crippen LogP contribution >= 0.6 is 0 Å². The summed E-state index contributed by atoms with van der Waals surface area (Å²) in [7, 11) is 2.84. The lowest BCUT2D eigenvalue weighted by Crippen LogP contribution is -2.51. The minimum absolute atomic E-state index is 0.0811. The Morgan fingerprint density at radius 2 is 1.89 bits per heavy atom. The summed E-state index contributed by atoms with van der Waals surface area (Å²) in [4.78, 5) is 50.7. The van der Waals surface area contributed by atoms with Gasteiger partial charge in [0, 0.05) is 38.2 Å². The van der Waals surface area contributed by atoms with Crippen LogP contribution in [0.4, 0.5) is 10.5 Å². The van der Waals surface area contributed by atoms with Crippen LogP contribution in [0.25, 0.3) is 0 Å². The number of aliphatic hydroxyl groups excluding tert-OH is 3. The lowest BCUT2D eigenvalue weighted by Gasteiger charge is -2.36. The first kappa shape index (κ1) is 31.0. The van der Waals surface area contributed by atoms with Gasteiger partial charge in [-0.3, -0.25) is 14.4 Å². The maximum absolute atomic E-state index is 12.6. The molecular formula is C25H37N3O10. The molecule has 0 saturated carbocycles. The zero-order valence-corrected chi connectivity index (χ0v) is 22.2. The molecule has 13 nitrogen and oxygen atoms in total. The van der Waals surface area contributed by atoms with Crippen LogP contribution in [0.2, 0.25) is 0 Å². The summed E-state index contributed by atoms with van der Waals surface area (Å²) in [6.45, 7) is 3.50. The van der Waals surface area contributed by atoms with E-state index >= 15 is 0 Å². The third kappa shape index (κ3) is 8.38. The van der Waals surface area contributed by atoms with Crippen LogP contribution in [0, 0.1) is 0 Å². The molecule has 212 valence electrons. The minimum Gasteiger partial charge on any atom is -0.464 e. The van der Waals surface area contributed by atoms with E-state index in [2.05, 4.69) is 5.32 Å². The second-order valence-corrected chi connectivity index (χ2v) is 9.12. The number of ketones is 1. The molecule has 4 unspecified atom stereocenters. The molecule has 4 N–H and O–H groups in total. The van der Waals surface area contributed by atoms with Gasteiger partial charge in [-0.1, -0.05) is 6.92 Å². The molecule has 1 aromatic carbocycles. The molecular weight excluding hydrogens is 502 g/mol. The summed E-state index contributed by atoms with van der Waals surface area (Å²) in [6.07, 6.45) is -5.19. The topological polar surface area (TPSA) is 175 Å². The molecule has 38 heavy (non-hydrogen) atoms. The maximum Gasteiger partial charge on any atom is 0.410 e. The number of Topliss-reactive ketones (excluding diaryl/α,β-unsaturated/α-hetero) is 1. The second-order valence-electron chi connectivity index (χ2n) is 9.12. The second kappa shape index (κ2) is 14.0. The maximum atomic E-state index is 12.6. The fourth-order valence-electron chi connectivity index (χ4n) is 3.54. The van der Waals surface area contributed by atoms with Gasteiger partial charge in [0.25, 0.3) is 0 Å². The number of anilines is 1. The highest BCUT2D eigenvalue weighted by atomic mass is 16.7. The standard InChI is InChI=1S/C25H37N3O10/c1-6-21(32)26-17-7-8-19(37-23-10-18(31)24(34)20(12-29)38-23)16(9-17)13-36-25(35)27(4)11-22(33)28(5)14(2)15(3)30/h7-9,14,18,20,23-24,29,31,34H,6,10-13H2,1-5H3,(H,26,32)/t14-,18?,20?,23?,24?/m0/s1. The molecule has 1 aliphatic rings. The van der Waals surface area contributed by atoms with Crippen molar-refractivity contribution in [1.82, 2.24) is 9.80 Å². The average molecular weight is 540 g/mol. The number of rotatable bonds is 11. The van der Waals surface area contributed by atoms with Crippen molar-refractivity contribution >= 4 is 29.4 Å². The van der Waals surface area contributed by atoms with Gasteiger partial charge >= 0.3 is 6.09 Å². The van der Waals surface area contributed by atoms with Crippen molar-refractivity contribution in [3.63, 3.8) is 0 Å². The van der Waals surface area contributed by atoms with Crippen LogP contribution in [0.15, 0.2) is 18.2 Å². The molecule has 0 bridgehead atoms. The molecule has 1 aromatic rings. The molecule has 0 aromatic heterocycles. The SMILES string of the molecule is CCC(=O)Nc1ccc(OC2CC(O)C(O)C(CO)O2)c(COC(=O)N(C)CC(=O)N(C)[C@@H](C)C(C)=O)c1. The lowest BCUT2D eigenvalue weighted by molar-refractivity contribution is -0.230. The van der Waals surface area contributed by atoms with Crippen LogP contribution in [0.1, 0.15) is 39.2 Å². The number of benzene rings is 1. The average Bonchev–Trinajstić information content (AvgIpc) is 2.88. The normalized spacial score (nSPS) is 21.7. The van der Waals surface area contributed by atoms with Gasteiger partial charge in [-0.15, -0.1) is 0 Å². The molecule has 1 fully saturated rings. The number of ether oxygens (including phenoxy) is 3. The Hall–Kier alpha value is -3.26. The summed E-state index contributed by atoms with van der Waals surface area (Å²) >= 11 is 0. The van der Waals surface area contributed by atoms with Gasteiger partial charge in [-0.05, 0) is 32.0 Å². The first-order chi connectivity index (χ1) is 17.9. The van der Waals surface area contributed by atoms with E-state index < -0.39 is 49.3 Å². The van der Waals surface area contributed by atoms with Crippen molar-refractivity contribution in [2.24, 2.45) is 0 Å². The summed E-state index contributed by atoms with van der Waals surface area (Å²) in [5.41, 5.74) is 0.769. The number of amides is 3. The van der Waals surface area contributed by atoms with Gasteiger partial charge in [0.2, 0.25) is 18.1 Å². The largest absolute Gasteiger partial charge is 0.464 e. The first-order valence-corrected chi connectivity index (χ1v) is 12.2. The number of carbonyl (C=O) groups is 4. The fraction of sp³-hybridized carbons (Fsp3) is 0.600. The Kier molecular flexibility index (Phi) is 11.4. The molecule has 0 aliphatic carbocycles. The van der Waals surface area contributed by atoms with Gasteiger partial charge in [0.15, 0.2) is 5.78 Å². The molecule has 1 saturated heterocycles. The molecule has 1 aliphatic heterocycles. The van der Waals surface area contributed by atoms with E-state index in [0.29, 0.717) is 11.3 Å². The predicted molar refractivity (Wildman–Crippen MR) is 134 cm³/mol. The van der Waals surface area contributed by atoms with E-state index in [4.69, 9.17) is 14.2 Å². The summed E-state index contributed by atoms with van der Waals surface area (Å²) in [5, 5.41) is 32.1. The van der Waals surface area contributed by atoms with Crippen molar-refractivity contribution < 1.29 is 48.7 Å². The Morgan fingerprint density at radius 3 is 2.50 bits per heavy atom. The molecule has 13 heteroatoms. The van der Waals surface area contributed by atoms with E-state index in [-0.39, 0.29) is 43.4 Å². The van der Waals surface area contributed by atoms with Crippen molar-refractivity contribution in [2.45, 2.75) is 70.9 Å². The predicted octanol–water partition coefficient (Wildman–Crippen LogP) is 0.247. The van der Waals surface area contributed by atoms with Gasteiger partial charge in [-0.25, -0.2) is 4.79 Å². The minimum atomic E-state index is -1.28. The molecule has 0 radical (unpaired) electrons. The number of hydrogen-bond acceptors (Lipinski definition) is 10. The number of carbonyl (C=O) groups excluding carboxylic acids is 4. The van der Waals surface area contributed by atoms with Crippen molar-refractivity contribution in [1.29, 1.82) is 0 Å². The van der Waals surface area contributed by atoms with Gasteiger partial charge in [-0.2, -0.15) is 0 Å². The Labute approximate surface area is 221 Å². The molecule has 5 atom stereocenters. The number of nitrogens with zero attached hydrogens (tertiary/aromatic N) is 2. The smallest absolute Gasteiger partial charge is 0.410 e. The summed E-state index contributed by atoms with van der Waals surface area (Å²) < 4.78 is 16.7. The highest BCUT2D eigenvalue weighted by Crippen LogP contribution is 2.29. The molecule has 3 amide bonds. The molecule has 0 spiro atoms. The monoisotopic (exact) mass is 539 g/mol. The number of aliphatic hydroxyl groups is 3. The fourth-order valence-corrected chi connectivity index (χ4v) is 3.54. The van der Waals surface area contributed by atoms with Crippen molar-refractivity contribution in [3.8, 4) is 5.75 Å². The van der Waals surface area contributed by atoms with Crippen molar-refractivity contribution in [3.05, 3.63) is 23.8 Å². The number of likely N-dealkylation sites (N-methyl/N-ethyl adjacent to an activating group) is 2. The van der Waals surface area contributed by atoms with Gasteiger partial charge in [0.05, 0.1) is 18.8 Å². The zero-order valence-electron chi connectivity index (χ0n) is 22.2. The van der Waals surface area contributed by atoms with Crippen LogP contribution in [-0.2, 0) is 30.5 Å². The highest BCUT2D eigenvalue weighted by molar-refractivity contribution is 5.90. The summed E-state index contributed by atoms with van der Waals surface area (Å²) in [6, 6.07) is 4.00. The van der Waals surface area contributed by atoms with E-state index in [1.165, 1.54) is 32.0 Å². The lowest BCUT2D eigenvalue weighted by atomic mass is 10.0.